The highest BCUT2D eigenvalue weighted by Crippen LogP contribution is 2.30. The molecular weight excluding hydrogens is 472 g/mol. The smallest absolute Gasteiger partial charge is 0.244 e. The van der Waals surface area contributed by atoms with Gasteiger partial charge in [0.15, 0.2) is 6.29 Å². The van der Waals surface area contributed by atoms with E-state index in [0.717, 1.165) is 10.8 Å². The summed E-state index contributed by atoms with van der Waals surface area (Å²) < 4.78 is 16.9. The third kappa shape index (κ3) is 4.65. The molecule has 0 unspecified atom stereocenters. The van der Waals surface area contributed by atoms with Gasteiger partial charge in [0.05, 0.1) is 21.4 Å². The summed E-state index contributed by atoms with van der Waals surface area (Å²) in [6, 6.07) is 5.91. The van der Waals surface area contributed by atoms with E-state index in [9.17, 15) is 19.2 Å². The molecule has 3 aromatic rings. The summed E-state index contributed by atoms with van der Waals surface area (Å²) in [6.45, 7) is 3.42. The summed E-state index contributed by atoms with van der Waals surface area (Å²) in [4.78, 5) is 27.5. The molecule has 172 valence electrons. The molecule has 1 amide bonds. The first-order chi connectivity index (χ1) is 15.8. The fraction of sp³-hybridized carbons (Fsp3) is 0.273. The van der Waals surface area contributed by atoms with Gasteiger partial charge < -0.3 is 9.80 Å². The minimum absolute atomic E-state index is 0.0168. The number of halogens is 3. The van der Waals surface area contributed by atoms with Crippen LogP contribution in [0.5, 0.6) is 0 Å². The van der Waals surface area contributed by atoms with E-state index in [1.54, 1.807) is 33.5 Å². The van der Waals surface area contributed by atoms with E-state index in [1.165, 1.54) is 18.5 Å². The molecular formula is C22H21Cl2FN5O3+. The van der Waals surface area contributed by atoms with Crippen molar-refractivity contribution in [2.24, 2.45) is 0 Å². The number of pyridine rings is 1. The molecule has 1 aliphatic heterocycles. The molecule has 1 aliphatic rings. The van der Waals surface area contributed by atoms with Crippen molar-refractivity contribution >= 4 is 41.1 Å². The Hall–Kier alpha value is -3.17. The van der Waals surface area contributed by atoms with Gasteiger partial charge in [-0.2, -0.15) is 5.10 Å². The van der Waals surface area contributed by atoms with Crippen molar-refractivity contribution in [1.82, 2.24) is 14.7 Å². The van der Waals surface area contributed by atoms with E-state index in [0.29, 0.717) is 60.1 Å². The summed E-state index contributed by atoms with van der Waals surface area (Å²) in [5.74, 6) is -0.637. The minimum Gasteiger partial charge on any atom is -0.366 e. The zero-order chi connectivity index (χ0) is 23.7. The molecule has 11 heteroatoms. The molecule has 0 atom stereocenters. The molecule has 1 aromatic carbocycles. The van der Waals surface area contributed by atoms with Crippen LogP contribution in [-0.2, 0) is 11.3 Å². The molecule has 0 saturated carbocycles. The average Bonchev–Trinajstić information content (AvgIpc) is 3.08. The topological polar surface area (TPSA) is 82.6 Å². The third-order valence-electron chi connectivity index (χ3n) is 5.67. The predicted octanol–water partition coefficient (Wildman–Crippen LogP) is 2.99. The van der Waals surface area contributed by atoms with Crippen LogP contribution < -0.4 is 9.63 Å². The largest absolute Gasteiger partial charge is 0.366 e. The lowest BCUT2D eigenvalue weighted by molar-refractivity contribution is -0.904. The van der Waals surface area contributed by atoms with Gasteiger partial charge in [-0.05, 0) is 19.1 Å². The quantitative estimate of drug-likeness (QED) is 0.336. The van der Waals surface area contributed by atoms with Crippen LogP contribution in [0.4, 0.5) is 10.1 Å². The first-order valence-electron chi connectivity index (χ1n) is 10.2. The van der Waals surface area contributed by atoms with Crippen molar-refractivity contribution in [3.63, 3.8) is 0 Å². The number of nitrogens with zero attached hydrogens (tertiary/aromatic N) is 5. The molecule has 1 saturated heterocycles. The number of amides is 1. The maximum atomic E-state index is 14.4. The lowest BCUT2D eigenvalue weighted by Gasteiger charge is -2.36. The van der Waals surface area contributed by atoms with Crippen LogP contribution in [0, 0.1) is 12.7 Å². The lowest BCUT2D eigenvalue weighted by Crippen LogP contribution is -2.50. The van der Waals surface area contributed by atoms with Crippen LogP contribution in [0.15, 0.2) is 36.7 Å². The molecule has 8 nitrogen and oxygen atoms in total. The van der Waals surface area contributed by atoms with Crippen LogP contribution in [0.2, 0.25) is 10.0 Å². The zero-order valence-corrected chi connectivity index (χ0v) is 19.2. The van der Waals surface area contributed by atoms with Crippen LogP contribution in [0.1, 0.15) is 16.1 Å². The highest BCUT2D eigenvalue weighted by molar-refractivity contribution is 6.33. The Morgan fingerprint density at radius 1 is 1.21 bits per heavy atom. The van der Waals surface area contributed by atoms with Gasteiger partial charge >= 0.3 is 0 Å². The molecule has 4 rings (SSSR count). The predicted molar refractivity (Wildman–Crippen MR) is 120 cm³/mol. The maximum Gasteiger partial charge on any atom is 0.244 e. The van der Waals surface area contributed by atoms with Gasteiger partial charge in [-0.1, -0.05) is 23.2 Å². The molecule has 1 N–H and O–H groups in total. The van der Waals surface area contributed by atoms with Crippen molar-refractivity contribution in [2.75, 3.05) is 31.1 Å². The lowest BCUT2D eigenvalue weighted by atomic mass is 10.1. The molecule has 1 fully saturated rings. The second-order valence-corrected chi connectivity index (χ2v) is 8.47. The van der Waals surface area contributed by atoms with E-state index in [1.807, 2.05) is 0 Å². The Kier molecular flexibility index (Phi) is 6.53. The number of hydrogen-bond acceptors (Lipinski definition) is 5. The van der Waals surface area contributed by atoms with Gasteiger partial charge in [0.25, 0.3) is 0 Å². The van der Waals surface area contributed by atoms with Gasteiger partial charge in [-0.25, -0.2) is 4.39 Å². The fourth-order valence-electron chi connectivity index (χ4n) is 3.75. The molecule has 2 aromatic heterocycles. The number of benzene rings is 1. The van der Waals surface area contributed by atoms with Crippen LogP contribution in [0.25, 0.3) is 11.3 Å². The van der Waals surface area contributed by atoms with E-state index in [-0.39, 0.29) is 23.0 Å². The fourth-order valence-corrected chi connectivity index (χ4v) is 4.19. The highest BCUT2D eigenvalue weighted by Gasteiger charge is 2.25. The number of carbonyl (C=O) groups is 2. The summed E-state index contributed by atoms with van der Waals surface area (Å²) in [6.07, 6.45) is 3.52. The molecule has 33 heavy (non-hydrogen) atoms. The van der Waals surface area contributed by atoms with Gasteiger partial charge in [-0.15, -0.1) is 0 Å². The van der Waals surface area contributed by atoms with Crippen LogP contribution in [-0.4, -0.2) is 58.3 Å². The minimum atomic E-state index is -0.507. The van der Waals surface area contributed by atoms with Crippen molar-refractivity contribution in [1.29, 1.82) is 0 Å². The van der Waals surface area contributed by atoms with E-state index >= 15 is 0 Å². The number of aldehydes is 1. The normalized spacial score (nSPS) is 13.9. The second kappa shape index (κ2) is 9.36. The van der Waals surface area contributed by atoms with Crippen molar-refractivity contribution in [3.05, 3.63) is 63.8 Å². The molecule has 0 radical (unpaired) electrons. The first kappa shape index (κ1) is 23.0. The Labute approximate surface area is 199 Å². The SMILES string of the molecule is Cc1c(Cl)c(-c2cc[n+](O)cc2)nn1CC(=O)N1CCN(c2cc(C=O)c(Cl)cc2F)CC1. The Bertz CT molecular complexity index is 1210. The van der Waals surface area contributed by atoms with Gasteiger partial charge in [0.2, 0.25) is 18.3 Å². The van der Waals surface area contributed by atoms with Gasteiger partial charge in [0.1, 0.15) is 18.1 Å². The van der Waals surface area contributed by atoms with E-state index < -0.39 is 5.82 Å². The Balaban J connectivity index is 1.43. The van der Waals surface area contributed by atoms with E-state index in [4.69, 9.17) is 23.2 Å². The second-order valence-electron chi connectivity index (χ2n) is 7.68. The van der Waals surface area contributed by atoms with Gasteiger partial charge in [-0.3, -0.25) is 19.5 Å². The van der Waals surface area contributed by atoms with Crippen molar-refractivity contribution in [3.8, 4) is 11.3 Å². The number of rotatable bonds is 5. The monoisotopic (exact) mass is 492 g/mol. The summed E-state index contributed by atoms with van der Waals surface area (Å²) >= 11 is 12.3. The number of carbonyl (C=O) groups excluding carboxylic acids is 2. The molecule has 0 bridgehead atoms. The average molecular weight is 493 g/mol. The van der Waals surface area contributed by atoms with Crippen LogP contribution in [0.3, 0.4) is 0 Å². The van der Waals surface area contributed by atoms with E-state index in [2.05, 4.69) is 5.10 Å². The molecule has 3 heterocycles. The van der Waals surface area contributed by atoms with Crippen LogP contribution >= 0.6 is 23.2 Å². The Morgan fingerprint density at radius 3 is 2.52 bits per heavy atom. The zero-order valence-electron chi connectivity index (χ0n) is 17.7. The number of hydrogen-bond donors (Lipinski definition) is 1. The standard InChI is InChI=1S/C22H21Cl2FN5O3/c1-14-21(24)22(15-2-4-29(33)5-3-15)26-30(14)12-20(32)28-8-6-27(7-9-28)19-10-16(13-31)17(23)11-18(19)25/h2-5,10-11,13,33H,6-9,12H2,1H3/q+1. The summed E-state index contributed by atoms with van der Waals surface area (Å²) in [5.41, 5.74) is 2.41. The summed E-state index contributed by atoms with van der Waals surface area (Å²) in [5, 5.41) is 14.4. The summed E-state index contributed by atoms with van der Waals surface area (Å²) in [7, 11) is 0. The highest BCUT2D eigenvalue weighted by atomic mass is 35.5. The maximum absolute atomic E-state index is 14.4. The number of anilines is 1. The Morgan fingerprint density at radius 2 is 1.88 bits per heavy atom. The van der Waals surface area contributed by atoms with Crippen molar-refractivity contribution < 1.29 is 23.9 Å². The number of aromatic nitrogens is 3. The molecule has 0 aliphatic carbocycles. The van der Waals surface area contributed by atoms with Gasteiger partial charge in [0, 0.05) is 54.2 Å². The first-order valence-corrected chi connectivity index (χ1v) is 10.9. The third-order valence-corrected chi connectivity index (χ3v) is 6.45. The molecule has 0 spiro atoms. The number of piperazine rings is 1. The van der Waals surface area contributed by atoms with Crippen molar-refractivity contribution in [2.45, 2.75) is 13.5 Å².